The molecule has 3 rings (SSSR count). The first kappa shape index (κ1) is 16.8. The Morgan fingerprint density at radius 3 is 2.67 bits per heavy atom. The van der Waals surface area contributed by atoms with Crippen LogP contribution in [-0.4, -0.2) is 15.4 Å². The van der Waals surface area contributed by atoms with Gasteiger partial charge >= 0.3 is 0 Å². The van der Waals surface area contributed by atoms with Crippen molar-refractivity contribution >= 4 is 16.5 Å². The predicted octanol–water partition coefficient (Wildman–Crippen LogP) is 3.50. The van der Waals surface area contributed by atoms with Gasteiger partial charge in [0.05, 0.1) is 4.92 Å². The van der Waals surface area contributed by atoms with Crippen molar-refractivity contribution in [2.45, 2.75) is 36.7 Å². The van der Waals surface area contributed by atoms with Crippen LogP contribution in [0.3, 0.4) is 0 Å². The van der Waals surface area contributed by atoms with Crippen LogP contribution in [0.25, 0.3) is 0 Å². The van der Waals surface area contributed by atoms with Gasteiger partial charge in [0.15, 0.2) is 0 Å². The van der Waals surface area contributed by atoms with Crippen LogP contribution in [0.15, 0.2) is 47.4 Å². The van der Waals surface area contributed by atoms with Crippen LogP contribution < -0.4 is 5.32 Å². The van der Waals surface area contributed by atoms with Gasteiger partial charge in [-0.1, -0.05) is 18.2 Å². The second kappa shape index (κ2) is 7.23. The maximum absolute atomic E-state index is 11.4. The molecule has 0 aromatic heterocycles. The minimum atomic E-state index is -0.967. The van der Waals surface area contributed by atoms with Crippen molar-refractivity contribution in [2.75, 3.05) is 6.26 Å². The number of benzene rings is 2. The average Bonchev–Trinajstić information content (AvgIpc) is 2.59. The summed E-state index contributed by atoms with van der Waals surface area (Å²) < 4.78 is 11.4. The van der Waals surface area contributed by atoms with E-state index in [0.717, 1.165) is 35.3 Å². The van der Waals surface area contributed by atoms with Crippen molar-refractivity contribution in [1.82, 2.24) is 5.32 Å². The number of nitro groups is 1. The number of hydrogen-bond acceptors (Lipinski definition) is 4. The molecule has 0 saturated carbocycles. The van der Waals surface area contributed by atoms with Crippen molar-refractivity contribution in [3.63, 3.8) is 0 Å². The Labute approximate surface area is 143 Å². The first-order valence-electron chi connectivity index (χ1n) is 7.97. The molecule has 126 valence electrons. The van der Waals surface area contributed by atoms with Crippen LogP contribution >= 0.6 is 0 Å². The number of fused-ring (bicyclic) bond motifs is 1. The van der Waals surface area contributed by atoms with Gasteiger partial charge in [0, 0.05) is 46.7 Å². The summed E-state index contributed by atoms with van der Waals surface area (Å²) in [5.41, 5.74) is 3.50. The molecule has 0 bridgehead atoms. The lowest BCUT2D eigenvalue weighted by Crippen LogP contribution is -2.25. The molecule has 2 aromatic carbocycles. The Kier molecular flexibility index (Phi) is 5.06. The Morgan fingerprint density at radius 2 is 2.00 bits per heavy atom. The van der Waals surface area contributed by atoms with Crippen LogP contribution in [0, 0.1) is 10.1 Å². The molecule has 5 nitrogen and oxygen atoms in total. The van der Waals surface area contributed by atoms with Crippen LogP contribution in [0.4, 0.5) is 5.69 Å². The molecule has 0 heterocycles. The van der Waals surface area contributed by atoms with Crippen LogP contribution in [0.2, 0.25) is 0 Å². The zero-order chi connectivity index (χ0) is 17.1. The molecule has 0 saturated heterocycles. The van der Waals surface area contributed by atoms with Gasteiger partial charge in [-0.15, -0.1) is 0 Å². The molecule has 0 radical (unpaired) electrons. The van der Waals surface area contributed by atoms with E-state index in [1.165, 1.54) is 5.56 Å². The van der Waals surface area contributed by atoms with E-state index < -0.39 is 10.8 Å². The zero-order valence-corrected chi connectivity index (χ0v) is 14.3. The maximum Gasteiger partial charge on any atom is 0.269 e. The SMILES string of the molecule is C[S@](=O)c1ccc(CN[C@H]2CCCc3ccc([N+](=O)[O-])cc32)cc1. The van der Waals surface area contributed by atoms with Gasteiger partial charge in [-0.25, -0.2) is 0 Å². The third kappa shape index (κ3) is 3.71. The van der Waals surface area contributed by atoms with Crippen molar-refractivity contribution in [1.29, 1.82) is 0 Å². The van der Waals surface area contributed by atoms with Gasteiger partial charge in [0.2, 0.25) is 0 Å². The number of nitrogens with zero attached hydrogens (tertiary/aromatic N) is 1. The zero-order valence-electron chi connectivity index (χ0n) is 13.5. The van der Waals surface area contributed by atoms with E-state index in [2.05, 4.69) is 5.32 Å². The lowest BCUT2D eigenvalue weighted by Gasteiger charge is -2.26. The molecule has 0 aliphatic heterocycles. The number of aryl methyl sites for hydroxylation is 1. The molecule has 0 spiro atoms. The van der Waals surface area contributed by atoms with E-state index in [0.29, 0.717) is 6.54 Å². The molecule has 24 heavy (non-hydrogen) atoms. The van der Waals surface area contributed by atoms with Gasteiger partial charge in [0.1, 0.15) is 0 Å². The topological polar surface area (TPSA) is 72.2 Å². The molecule has 2 aromatic rings. The summed E-state index contributed by atoms with van der Waals surface area (Å²) in [6.07, 6.45) is 4.70. The fourth-order valence-electron chi connectivity index (χ4n) is 3.15. The third-order valence-electron chi connectivity index (χ3n) is 4.46. The normalized spacial score (nSPS) is 18.0. The smallest absolute Gasteiger partial charge is 0.269 e. The van der Waals surface area contributed by atoms with E-state index in [-0.39, 0.29) is 16.7 Å². The summed E-state index contributed by atoms with van der Waals surface area (Å²) in [4.78, 5) is 11.5. The van der Waals surface area contributed by atoms with E-state index in [1.54, 1.807) is 18.4 Å². The number of nitro benzene ring substituents is 1. The highest BCUT2D eigenvalue weighted by atomic mass is 32.2. The summed E-state index contributed by atoms with van der Waals surface area (Å²) >= 11 is 0. The fraction of sp³-hybridized carbons (Fsp3) is 0.333. The molecule has 0 fully saturated rings. The molecule has 0 amide bonds. The summed E-state index contributed by atoms with van der Waals surface area (Å²) in [7, 11) is -0.967. The summed E-state index contributed by atoms with van der Waals surface area (Å²) in [5.74, 6) is 0. The Bertz CT molecular complexity index is 774. The molecular formula is C18H20N2O3S. The average molecular weight is 344 g/mol. The van der Waals surface area contributed by atoms with Crippen LogP contribution in [0.5, 0.6) is 0 Å². The summed E-state index contributed by atoms with van der Waals surface area (Å²) in [5, 5.41) is 14.5. The van der Waals surface area contributed by atoms with E-state index in [9.17, 15) is 14.3 Å². The van der Waals surface area contributed by atoms with Gasteiger partial charge in [0.25, 0.3) is 5.69 Å². The minimum absolute atomic E-state index is 0.133. The molecule has 1 aliphatic rings. The van der Waals surface area contributed by atoms with Crippen molar-refractivity contribution in [3.8, 4) is 0 Å². The molecule has 2 atom stereocenters. The van der Waals surface area contributed by atoms with Crippen LogP contribution in [0.1, 0.15) is 35.6 Å². The molecule has 6 heteroatoms. The highest BCUT2D eigenvalue weighted by Gasteiger charge is 2.22. The minimum Gasteiger partial charge on any atom is -0.306 e. The summed E-state index contributed by atoms with van der Waals surface area (Å²) in [6.45, 7) is 0.684. The predicted molar refractivity (Wildman–Crippen MR) is 94.4 cm³/mol. The van der Waals surface area contributed by atoms with Crippen molar-refractivity contribution in [3.05, 3.63) is 69.3 Å². The van der Waals surface area contributed by atoms with Crippen molar-refractivity contribution < 1.29 is 9.13 Å². The number of non-ortho nitro benzene ring substituents is 1. The molecule has 1 aliphatic carbocycles. The quantitative estimate of drug-likeness (QED) is 0.665. The Morgan fingerprint density at radius 1 is 1.25 bits per heavy atom. The third-order valence-corrected chi connectivity index (χ3v) is 5.40. The van der Waals surface area contributed by atoms with E-state index >= 15 is 0 Å². The van der Waals surface area contributed by atoms with E-state index in [1.807, 2.05) is 30.3 Å². The molecular weight excluding hydrogens is 324 g/mol. The second-order valence-corrected chi connectivity index (χ2v) is 7.44. The lowest BCUT2D eigenvalue weighted by atomic mass is 9.87. The maximum atomic E-state index is 11.4. The highest BCUT2D eigenvalue weighted by molar-refractivity contribution is 7.84. The van der Waals surface area contributed by atoms with Gasteiger partial charge in [-0.05, 0) is 48.1 Å². The monoisotopic (exact) mass is 344 g/mol. The fourth-order valence-corrected chi connectivity index (χ4v) is 3.67. The highest BCUT2D eigenvalue weighted by Crippen LogP contribution is 2.32. The van der Waals surface area contributed by atoms with Gasteiger partial charge < -0.3 is 5.32 Å². The Hall–Kier alpha value is -2.05. The first-order valence-corrected chi connectivity index (χ1v) is 9.53. The van der Waals surface area contributed by atoms with Gasteiger partial charge in [-0.3, -0.25) is 14.3 Å². The van der Waals surface area contributed by atoms with Crippen LogP contribution in [-0.2, 0) is 23.8 Å². The summed E-state index contributed by atoms with van der Waals surface area (Å²) in [6, 6.07) is 13.0. The Balaban J connectivity index is 1.73. The van der Waals surface area contributed by atoms with Crippen molar-refractivity contribution in [2.24, 2.45) is 0 Å². The lowest BCUT2D eigenvalue weighted by molar-refractivity contribution is -0.385. The van der Waals surface area contributed by atoms with E-state index in [4.69, 9.17) is 0 Å². The number of nitrogens with one attached hydrogen (secondary N) is 1. The largest absolute Gasteiger partial charge is 0.306 e. The second-order valence-electron chi connectivity index (χ2n) is 6.06. The number of hydrogen-bond donors (Lipinski definition) is 1. The standard InChI is InChI=1S/C18H20N2O3S/c1-24(23)16-9-5-13(6-10-16)12-19-18-4-2-3-14-7-8-15(20(21)22)11-17(14)18/h5-11,18-19H,2-4,12H2,1H3/t18-,24-/m0/s1. The van der Waals surface area contributed by atoms with Gasteiger partial charge in [-0.2, -0.15) is 0 Å². The molecule has 0 unspecified atom stereocenters. The molecule has 1 N–H and O–H groups in total. The number of rotatable bonds is 5. The first-order chi connectivity index (χ1) is 11.5.